The van der Waals surface area contributed by atoms with E-state index < -0.39 is 0 Å². The Morgan fingerprint density at radius 1 is 0.903 bits per heavy atom. The summed E-state index contributed by atoms with van der Waals surface area (Å²) in [5, 5.41) is 12.1. The number of imidazole rings is 1. The monoisotopic (exact) mass is 401 g/mol. The molecule has 0 saturated heterocycles. The highest BCUT2D eigenvalue weighted by Gasteiger charge is 2.10. The molecule has 4 heteroatoms. The van der Waals surface area contributed by atoms with Gasteiger partial charge in [-0.25, -0.2) is 4.98 Å². The topological polar surface area (TPSA) is 61.7 Å². The van der Waals surface area contributed by atoms with Gasteiger partial charge >= 0.3 is 0 Å². The van der Waals surface area contributed by atoms with Gasteiger partial charge in [0.25, 0.3) is 0 Å². The van der Waals surface area contributed by atoms with Gasteiger partial charge in [0.2, 0.25) is 0 Å². The van der Waals surface area contributed by atoms with Crippen molar-refractivity contribution in [2.45, 2.75) is 6.61 Å². The summed E-state index contributed by atoms with van der Waals surface area (Å²) in [4.78, 5) is 7.76. The minimum atomic E-state index is 0.447. The number of allylic oxidation sites excluding steroid dienone is 1. The van der Waals surface area contributed by atoms with E-state index in [0.29, 0.717) is 18.0 Å². The molecule has 4 nitrogen and oxygen atoms in total. The molecule has 0 atom stereocenters. The zero-order valence-corrected chi connectivity index (χ0v) is 16.7. The number of fused-ring (bicyclic) bond motifs is 2. The van der Waals surface area contributed by atoms with Crippen LogP contribution in [0.2, 0.25) is 0 Å². The van der Waals surface area contributed by atoms with E-state index in [1.54, 1.807) is 0 Å². The van der Waals surface area contributed by atoms with Gasteiger partial charge in [-0.1, -0.05) is 66.7 Å². The van der Waals surface area contributed by atoms with E-state index in [1.807, 2.05) is 66.7 Å². The van der Waals surface area contributed by atoms with Crippen LogP contribution in [0.15, 0.2) is 91.0 Å². The molecule has 0 amide bonds. The van der Waals surface area contributed by atoms with Gasteiger partial charge in [0.05, 0.1) is 16.6 Å². The zero-order valence-electron chi connectivity index (χ0n) is 16.7. The van der Waals surface area contributed by atoms with Crippen LogP contribution in [-0.4, -0.2) is 9.97 Å². The number of hydrogen-bond donors (Lipinski definition) is 1. The van der Waals surface area contributed by atoms with E-state index in [4.69, 9.17) is 4.74 Å². The lowest BCUT2D eigenvalue weighted by Crippen LogP contribution is -1.97. The zero-order chi connectivity index (χ0) is 21.0. The first-order valence-electron chi connectivity index (χ1n) is 10.1. The number of nitrogens with one attached hydrogen (secondary N) is 1. The molecule has 0 aliphatic rings. The summed E-state index contributed by atoms with van der Waals surface area (Å²) in [7, 11) is 0. The van der Waals surface area contributed by atoms with Crippen molar-refractivity contribution >= 4 is 33.5 Å². The molecule has 4 aromatic carbocycles. The van der Waals surface area contributed by atoms with Crippen LogP contribution in [0, 0.1) is 11.3 Å². The van der Waals surface area contributed by atoms with Crippen LogP contribution in [0.1, 0.15) is 17.0 Å². The molecule has 0 unspecified atom stereocenters. The lowest BCUT2D eigenvalue weighted by molar-refractivity contribution is 0.306. The first kappa shape index (κ1) is 18.7. The van der Waals surface area contributed by atoms with Gasteiger partial charge in [-0.05, 0) is 46.7 Å². The Kier molecular flexibility index (Phi) is 4.92. The van der Waals surface area contributed by atoms with Crippen molar-refractivity contribution in [3.8, 4) is 11.8 Å². The Morgan fingerprint density at radius 2 is 1.68 bits per heavy atom. The molecule has 0 bridgehead atoms. The molecule has 0 spiro atoms. The molecule has 0 aliphatic heterocycles. The molecule has 1 aromatic heterocycles. The highest BCUT2D eigenvalue weighted by Crippen LogP contribution is 2.26. The Bertz CT molecular complexity index is 1420. The Morgan fingerprint density at radius 3 is 2.55 bits per heavy atom. The van der Waals surface area contributed by atoms with Gasteiger partial charge in [-0.15, -0.1) is 0 Å². The van der Waals surface area contributed by atoms with Crippen LogP contribution in [-0.2, 0) is 6.61 Å². The highest BCUT2D eigenvalue weighted by atomic mass is 16.5. The SMILES string of the molecule is N#CC(=Cc1ccccc1OCc1ccc2ccccc2c1)c1nc2ccccc2[nH]1. The van der Waals surface area contributed by atoms with E-state index in [9.17, 15) is 5.26 Å². The molecule has 5 aromatic rings. The largest absolute Gasteiger partial charge is 0.488 e. The van der Waals surface area contributed by atoms with E-state index in [0.717, 1.165) is 27.9 Å². The average molecular weight is 401 g/mol. The molecule has 1 heterocycles. The summed E-state index contributed by atoms with van der Waals surface area (Å²) >= 11 is 0. The molecule has 1 N–H and O–H groups in total. The molecule has 0 saturated carbocycles. The Balaban J connectivity index is 1.43. The van der Waals surface area contributed by atoms with Crippen LogP contribution >= 0.6 is 0 Å². The minimum absolute atomic E-state index is 0.447. The maximum atomic E-state index is 9.75. The number of nitriles is 1. The van der Waals surface area contributed by atoms with Gasteiger partial charge in [0.15, 0.2) is 0 Å². The van der Waals surface area contributed by atoms with Crippen LogP contribution in [0.5, 0.6) is 5.75 Å². The van der Waals surface area contributed by atoms with Crippen molar-refractivity contribution in [2.24, 2.45) is 0 Å². The van der Waals surface area contributed by atoms with Gasteiger partial charge < -0.3 is 9.72 Å². The summed E-state index contributed by atoms with van der Waals surface area (Å²) < 4.78 is 6.13. The fourth-order valence-electron chi connectivity index (χ4n) is 3.61. The molecule has 0 radical (unpaired) electrons. The van der Waals surface area contributed by atoms with E-state index in [-0.39, 0.29) is 0 Å². The third-order valence-electron chi connectivity index (χ3n) is 5.19. The van der Waals surface area contributed by atoms with Gasteiger partial charge in [-0.2, -0.15) is 5.26 Å². The smallest absolute Gasteiger partial charge is 0.149 e. The number of hydrogen-bond acceptors (Lipinski definition) is 3. The van der Waals surface area contributed by atoms with Crippen LogP contribution in [0.25, 0.3) is 33.5 Å². The minimum Gasteiger partial charge on any atom is -0.488 e. The van der Waals surface area contributed by atoms with Crippen molar-refractivity contribution in [1.82, 2.24) is 9.97 Å². The number of H-pyrrole nitrogens is 1. The second-order valence-electron chi connectivity index (χ2n) is 7.28. The predicted octanol–water partition coefficient (Wildman–Crippen LogP) is 6.36. The third-order valence-corrected chi connectivity index (χ3v) is 5.19. The number of nitrogens with zero attached hydrogens (tertiary/aromatic N) is 2. The van der Waals surface area contributed by atoms with Crippen LogP contribution in [0.3, 0.4) is 0 Å². The van der Waals surface area contributed by atoms with Gasteiger partial charge in [0, 0.05) is 5.56 Å². The Hall–Kier alpha value is -4.36. The summed E-state index contributed by atoms with van der Waals surface area (Å²) in [5.74, 6) is 1.27. The number of benzene rings is 4. The normalized spacial score (nSPS) is 11.5. The van der Waals surface area contributed by atoms with Crippen LogP contribution < -0.4 is 4.74 Å². The molecule has 0 fully saturated rings. The van der Waals surface area contributed by atoms with Crippen molar-refractivity contribution in [3.05, 3.63) is 108 Å². The number of ether oxygens (including phenoxy) is 1. The fraction of sp³-hybridized carbons (Fsp3) is 0.0370. The Labute approximate surface area is 180 Å². The van der Waals surface area contributed by atoms with Gasteiger partial charge in [0.1, 0.15) is 24.3 Å². The maximum Gasteiger partial charge on any atom is 0.149 e. The summed E-state index contributed by atoms with van der Waals surface area (Å²) in [6, 6.07) is 32.3. The number of rotatable bonds is 5. The first-order valence-corrected chi connectivity index (χ1v) is 10.1. The number of para-hydroxylation sites is 3. The molecule has 5 rings (SSSR count). The summed E-state index contributed by atoms with van der Waals surface area (Å²) in [6.07, 6.45) is 1.81. The molecular formula is C27H19N3O. The molecule has 31 heavy (non-hydrogen) atoms. The maximum absolute atomic E-state index is 9.75. The third kappa shape index (κ3) is 3.90. The fourth-order valence-corrected chi connectivity index (χ4v) is 3.61. The van der Waals surface area contributed by atoms with Crippen molar-refractivity contribution < 1.29 is 4.74 Å². The predicted molar refractivity (Wildman–Crippen MR) is 124 cm³/mol. The average Bonchev–Trinajstić information content (AvgIpc) is 3.26. The summed E-state index contributed by atoms with van der Waals surface area (Å²) in [6.45, 7) is 0.447. The second-order valence-corrected chi connectivity index (χ2v) is 7.28. The number of aromatic nitrogens is 2. The first-order chi connectivity index (χ1) is 15.3. The number of aromatic amines is 1. The highest BCUT2D eigenvalue weighted by molar-refractivity contribution is 5.91. The summed E-state index contributed by atoms with van der Waals surface area (Å²) in [5.41, 5.74) is 4.12. The lowest BCUT2D eigenvalue weighted by Gasteiger charge is -2.10. The standard InChI is InChI=1S/C27H19N3O/c28-17-23(27-29-24-10-4-5-11-25(24)30-27)16-22-9-3-6-12-26(22)31-18-19-13-14-20-7-1-2-8-21(20)15-19/h1-16H,18H2,(H,29,30). The van der Waals surface area contributed by atoms with Crippen molar-refractivity contribution in [3.63, 3.8) is 0 Å². The van der Waals surface area contributed by atoms with Crippen molar-refractivity contribution in [2.75, 3.05) is 0 Å². The molecular weight excluding hydrogens is 382 g/mol. The van der Waals surface area contributed by atoms with E-state index in [2.05, 4.69) is 46.4 Å². The van der Waals surface area contributed by atoms with Gasteiger partial charge in [-0.3, -0.25) is 0 Å². The molecule has 148 valence electrons. The van der Waals surface area contributed by atoms with Crippen molar-refractivity contribution in [1.29, 1.82) is 5.26 Å². The quantitative estimate of drug-likeness (QED) is 0.349. The lowest BCUT2D eigenvalue weighted by atomic mass is 10.1. The second kappa shape index (κ2) is 8.17. The molecule has 0 aliphatic carbocycles. The van der Waals surface area contributed by atoms with E-state index in [1.165, 1.54) is 10.8 Å². The van der Waals surface area contributed by atoms with Crippen LogP contribution in [0.4, 0.5) is 0 Å². The van der Waals surface area contributed by atoms with E-state index >= 15 is 0 Å².